The van der Waals surface area contributed by atoms with E-state index in [0.717, 1.165) is 14.9 Å². The van der Waals surface area contributed by atoms with Crippen LogP contribution in [0.25, 0.3) is 0 Å². The van der Waals surface area contributed by atoms with E-state index in [1.165, 1.54) is 0 Å². The Hall–Kier alpha value is -1.70. The van der Waals surface area contributed by atoms with Crippen LogP contribution in [0, 0.1) is 0 Å². The molecule has 1 fully saturated rings. The molecule has 144 valence electrons. The first-order chi connectivity index (χ1) is 12.0. The molecule has 8 heteroatoms. The van der Waals surface area contributed by atoms with Gasteiger partial charge in [0.25, 0.3) is 5.92 Å². The van der Waals surface area contributed by atoms with Gasteiger partial charge < -0.3 is 15.0 Å². The average Bonchev–Trinajstić information content (AvgIpc) is 2.86. The van der Waals surface area contributed by atoms with Gasteiger partial charge in [-0.15, -0.1) is 0 Å². The van der Waals surface area contributed by atoms with Gasteiger partial charge in [0.15, 0.2) is 0 Å². The Morgan fingerprint density at radius 3 is 2.42 bits per heavy atom. The van der Waals surface area contributed by atoms with Crippen molar-refractivity contribution in [2.45, 2.75) is 51.2 Å². The minimum atomic E-state index is -2.89. The molecule has 5 nitrogen and oxygen atoms in total. The van der Waals surface area contributed by atoms with Crippen molar-refractivity contribution in [1.82, 2.24) is 10.2 Å². The Labute approximate surface area is 160 Å². The average molecular weight is 433 g/mol. The zero-order valence-electron chi connectivity index (χ0n) is 15.0. The van der Waals surface area contributed by atoms with Crippen molar-refractivity contribution >= 4 is 27.9 Å². The molecule has 0 spiro atoms. The smallest absolute Gasteiger partial charge is 0.408 e. The first-order valence-corrected chi connectivity index (χ1v) is 9.15. The number of ether oxygens (including phenoxy) is 1. The summed E-state index contributed by atoms with van der Waals surface area (Å²) in [5.74, 6) is -3.42. The van der Waals surface area contributed by atoms with Gasteiger partial charge in [-0.2, -0.15) is 0 Å². The molecule has 0 saturated carbocycles. The molecule has 1 heterocycles. The fraction of sp³-hybridized carbons (Fsp3) is 0.556. The number of hydrogen-bond donors (Lipinski definition) is 1. The van der Waals surface area contributed by atoms with E-state index in [1.54, 1.807) is 32.9 Å². The maximum Gasteiger partial charge on any atom is 0.408 e. The Morgan fingerprint density at radius 1 is 1.31 bits per heavy atom. The molecule has 1 aliphatic rings. The Bertz CT molecular complexity index is 659. The normalized spacial score (nSPS) is 17.7. The highest BCUT2D eigenvalue weighted by Gasteiger charge is 2.42. The van der Waals surface area contributed by atoms with Gasteiger partial charge in [-0.25, -0.2) is 13.6 Å². The maximum atomic E-state index is 13.5. The predicted molar refractivity (Wildman–Crippen MR) is 97.1 cm³/mol. The van der Waals surface area contributed by atoms with E-state index in [4.69, 9.17) is 4.74 Å². The lowest BCUT2D eigenvalue weighted by Crippen LogP contribution is -2.50. The van der Waals surface area contributed by atoms with Crippen LogP contribution in [0.5, 0.6) is 0 Å². The number of benzene rings is 1. The van der Waals surface area contributed by atoms with E-state index in [1.807, 2.05) is 12.1 Å². The number of carbonyl (C=O) groups excluding carboxylic acids is 2. The summed E-state index contributed by atoms with van der Waals surface area (Å²) in [6.45, 7) is 4.47. The molecule has 2 rings (SSSR count). The number of halogens is 3. The van der Waals surface area contributed by atoms with Crippen LogP contribution < -0.4 is 5.32 Å². The highest BCUT2D eigenvalue weighted by Crippen LogP contribution is 2.27. The summed E-state index contributed by atoms with van der Waals surface area (Å²) >= 11 is 3.33. The van der Waals surface area contributed by atoms with Gasteiger partial charge in [-0.05, 0) is 38.5 Å². The highest BCUT2D eigenvalue weighted by molar-refractivity contribution is 9.10. The van der Waals surface area contributed by atoms with Gasteiger partial charge in [0.05, 0.1) is 6.54 Å². The summed E-state index contributed by atoms with van der Waals surface area (Å²) in [6.07, 6.45) is -0.928. The van der Waals surface area contributed by atoms with E-state index in [-0.39, 0.29) is 19.4 Å². The number of rotatable bonds is 4. The van der Waals surface area contributed by atoms with Gasteiger partial charge in [-0.3, -0.25) is 4.79 Å². The summed E-state index contributed by atoms with van der Waals surface area (Å²) < 4.78 is 33.0. The van der Waals surface area contributed by atoms with Gasteiger partial charge >= 0.3 is 6.09 Å². The van der Waals surface area contributed by atoms with Crippen LogP contribution in [0.3, 0.4) is 0 Å². The van der Waals surface area contributed by atoms with Crippen LogP contribution in [0.4, 0.5) is 13.6 Å². The predicted octanol–water partition coefficient (Wildman–Crippen LogP) is 3.75. The number of alkyl carbamates (subject to hydrolysis) is 1. The fourth-order valence-electron chi connectivity index (χ4n) is 2.65. The maximum absolute atomic E-state index is 13.5. The minimum absolute atomic E-state index is 0.0291. The third-order valence-corrected chi connectivity index (χ3v) is 4.35. The van der Waals surface area contributed by atoms with Crippen molar-refractivity contribution in [3.05, 3.63) is 34.3 Å². The first-order valence-electron chi connectivity index (χ1n) is 8.36. The molecule has 1 aromatic carbocycles. The topological polar surface area (TPSA) is 58.6 Å². The standard InChI is InChI=1S/C18H23BrF2N2O3/c1-17(2,3)26-16(25)22-14(10-12-4-6-13(19)7-5-12)15(24)23-9-8-18(20,21)11-23/h4-7,14H,8-11H2,1-3H3,(H,22,25)/t14-/m0/s1. The van der Waals surface area contributed by atoms with Gasteiger partial charge in [-0.1, -0.05) is 28.1 Å². The summed E-state index contributed by atoms with van der Waals surface area (Å²) in [7, 11) is 0. The van der Waals surface area contributed by atoms with Crippen LogP contribution in [0.2, 0.25) is 0 Å². The monoisotopic (exact) mass is 432 g/mol. The third kappa shape index (κ3) is 6.23. The lowest BCUT2D eigenvalue weighted by atomic mass is 10.0. The molecule has 0 radical (unpaired) electrons. The second-order valence-corrected chi connectivity index (χ2v) is 8.31. The van der Waals surface area contributed by atoms with Crippen molar-refractivity contribution in [3.8, 4) is 0 Å². The molecule has 0 unspecified atom stereocenters. The van der Waals surface area contributed by atoms with Crippen LogP contribution >= 0.6 is 15.9 Å². The molecule has 0 aromatic heterocycles. The number of carbonyl (C=O) groups is 2. The number of amides is 2. The van der Waals surface area contributed by atoms with Crippen LogP contribution in [-0.2, 0) is 16.0 Å². The Morgan fingerprint density at radius 2 is 1.92 bits per heavy atom. The molecule has 1 N–H and O–H groups in total. The van der Waals surface area contributed by atoms with Gasteiger partial charge in [0.1, 0.15) is 11.6 Å². The quantitative estimate of drug-likeness (QED) is 0.787. The summed E-state index contributed by atoms with van der Waals surface area (Å²) in [5, 5.41) is 2.53. The van der Waals surface area contributed by atoms with Crippen LogP contribution in [-0.4, -0.2) is 47.6 Å². The van der Waals surface area contributed by atoms with Crippen molar-refractivity contribution in [3.63, 3.8) is 0 Å². The summed E-state index contributed by atoms with van der Waals surface area (Å²) in [5.41, 5.74) is 0.0734. The van der Waals surface area contributed by atoms with Crippen molar-refractivity contribution in [2.24, 2.45) is 0 Å². The molecule has 1 atom stereocenters. The fourth-order valence-corrected chi connectivity index (χ4v) is 2.91. The first kappa shape index (κ1) is 20.6. The number of hydrogen-bond acceptors (Lipinski definition) is 3. The summed E-state index contributed by atoms with van der Waals surface area (Å²) in [6, 6.07) is 6.27. The SMILES string of the molecule is CC(C)(C)OC(=O)N[C@@H](Cc1ccc(Br)cc1)C(=O)N1CCC(F)(F)C1. The van der Waals surface area contributed by atoms with Gasteiger partial charge in [0.2, 0.25) is 5.91 Å². The van der Waals surface area contributed by atoms with E-state index < -0.39 is 36.1 Å². The summed E-state index contributed by atoms with van der Waals surface area (Å²) in [4.78, 5) is 25.9. The van der Waals surface area contributed by atoms with E-state index in [0.29, 0.717) is 0 Å². The minimum Gasteiger partial charge on any atom is -0.444 e. The molecule has 0 bridgehead atoms. The number of nitrogens with zero attached hydrogens (tertiary/aromatic N) is 1. The molecular formula is C18H23BrF2N2O3. The molecule has 1 aromatic rings. The van der Waals surface area contributed by atoms with E-state index in [9.17, 15) is 18.4 Å². The third-order valence-electron chi connectivity index (χ3n) is 3.82. The Kier molecular flexibility index (Phi) is 6.26. The second kappa shape index (κ2) is 7.90. The molecule has 1 aliphatic heterocycles. The van der Waals surface area contributed by atoms with Crippen LogP contribution in [0.1, 0.15) is 32.8 Å². The molecular weight excluding hydrogens is 410 g/mol. The van der Waals surface area contributed by atoms with Gasteiger partial charge in [0, 0.05) is 23.9 Å². The van der Waals surface area contributed by atoms with Crippen molar-refractivity contribution in [1.29, 1.82) is 0 Å². The largest absolute Gasteiger partial charge is 0.444 e. The number of alkyl halides is 2. The Balaban J connectivity index is 2.13. The number of nitrogens with one attached hydrogen (secondary N) is 1. The molecule has 0 aliphatic carbocycles. The van der Waals surface area contributed by atoms with Crippen molar-refractivity contribution in [2.75, 3.05) is 13.1 Å². The number of likely N-dealkylation sites (tertiary alicyclic amines) is 1. The van der Waals surface area contributed by atoms with E-state index >= 15 is 0 Å². The molecule has 26 heavy (non-hydrogen) atoms. The van der Waals surface area contributed by atoms with Crippen LogP contribution in [0.15, 0.2) is 28.7 Å². The highest BCUT2D eigenvalue weighted by atomic mass is 79.9. The second-order valence-electron chi connectivity index (χ2n) is 7.40. The van der Waals surface area contributed by atoms with E-state index in [2.05, 4.69) is 21.2 Å². The zero-order chi connectivity index (χ0) is 19.5. The lowest BCUT2D eigenvalue weighted by Gasteiger charge is -2.26. The van der Waals surface area contributed by atoms with Crippen molar-refractivity contribution < 1.29 is 23.1 Å². The molecule has 1 saturated heterocycles. The zero-order valence-corrected chi connectivity index (χ0v) is 16.6. The lowest BCUT2D eigenvalue weighted by molar-refractivity contribution is -0.133. The molecule has 2 amide bonds.